The quantitative estimate of drug-likeness (QED) is 0.786. The summed E-state index contributed by atoms with van der Waals surface area (Å²) in [6.07, 6.45) is 4.27. The number of hydrogen-bond acceptors (Lipinski definition) is 4. The zero-order valence-electron chi connectivity index (χ0n) is 13.5. The predicted octanol–water partition coefficient (Wildman–Crippen LogP) is 1.49. The molecule has 2 amide bonds. The molecule has 0 aromatic carbocycles. The molecule has 0 radical (unpaired) electrons. The molecule has 6 nitrogen and oxygen atoms in total. The lowest BCUT2D eigenvalue weighted by atomic mass is 9.96. The third-order valence-electron chi connectivity index (χ3n) is 3.83. The van der Waals surface area contributed by atoms with Crippen LogP contribution in [-0.4, -0.2) is 53.8 Å². The molecule has 1 saturated heterocycles. The maximum atomic E-state index is 13.1. The van der Waals surface area contributed by atoms with Gasteiger partial charge in [-0.15, -0.1) is 24.8 Å². The largest absolute Gasteiger partial charge is 0.350 e. The zero-order chi connectivity index (χ0) is 16.9. The van der Waals surface area contributed by atoms with Crippen LogP contribution in [0.1, 0.15) is 23.2 Å². The minimum atomic E-state index is -3.11. The Morgan fingerprint density at radius 2 is 1.96 bits per heavy atom. The summed E-state index contributed by atoms with van der Waals surface area (Å²) in [6.45, 7) is -0.827. The molecule has 10 heteroatoms. The smallest absolute Gasteiger partial charge is 0.277 e. The Labute approximate surface area is 157 Å². The predicted molar refractivity (Wildman–Crippen MR) is 94.4 cm³/mol. The highest BCUT2D eigenvalue weighted by molar-refractivity contribution is 5.94. The fourth-order valence-electron chi connectivity index (χ4n) is 2.49. The molecule has 1 aliphatic heterocycles. The number of piperidine rings is 1. The van der Waals surface area contributed by atoms with Gasteiger partial charge in [0.05, 0.1) is 19.0 Å². The Morgan fingerprint density at radius 1 is 1.32 bits per heavy atom. The SMILES string of the molecule is Cl.Cl.NCC(F)(F)CNC(=O)C1CCCN(C(=O)c2ccncc2)C1. The molecule has 0 aliphatic carbocycles. The van der Waals surface area contributed by atoms with Crippen LogP contribution >= 0.6 is 24.8 Å². The van der Waals surface area contributed by atoms with Crippen molar-refractivity contribution in [2.75, 3.05) is 26.2 Å². The molecule has 1 unspecified atom stereocenters. The topological polar surface area (TPSA) is 88.3 Å². The van der Waals surface area contributed by atoms with Crippen LogP contribution in [-0.2, 0) is 4.79 Å². The van der Waals surface area contributed by atoms with Crippen LogP contribution < -0.4 is 11.1 Å². The van der Waals surface area contributed by atoms with Crippen molar-refractivity contribution in [3.8, 4) is 0 Å². The molecular formula is C15H22Cl2F2N4O2. The lowest BCUT2D eigenvalue weighted by molar-refractivity contribution is -0.128. The molecule has 1 atom stereocenters. The first kappa shape index (κ1) is 23.5. The molecule has 1 fully saturated rings. The fourth-order valence-corrected chi connectivity index (χ4v) is 2.49. The summed E-state index contributed by atoms with van der Waals surface area (Å²) < 4.78 is 26.2. The number of carbonyl (C=O) groups is 2. The summed E-state index contributed by atoms with van der Waals surface area (Å²) in [4.78, 5) is 29.8. The number of carbonyl (C=O) groups excluding carboxylic acids is 2. The molecule has 1 aliphatic rings. The summed E-state index contributed by atoms with van der Waals surface area (Å²) in [5, 5.41) is 2.23. The Kier molecular flexibility index (Phi) is 9.84. The Morgan fingerprint density at radius 3 is 2.56 bits per heavy atom. The minimum Gasteiger partial charge on any atom is -0.350 e. The Balaban J connectivity index is 0.00000288. The van der Waals surface area contributed by atoms with Gasteiger partial charge in [-0.1, -0.05) is 0 Å². The van der Waals surface area contributed by atoms with Gasteiger partial charge in [-0.3, -0.25) is 14.6 Å². The monoisotopic (exact) mass is 398 g/mol. The van der Waals surface area contributed by atoms with Gasteiger partial charge in [0.1, 0.15) is 0 Å². The number of amides is 2. The summed E-state index contributed by atoms with van der Waals surface area (Å²) in [6, 6.07) is 3.21. The first-order chi connectivity index (χ1) is 10.9. The third-order valence-corrected chi connectivity index (χ3v) is 3.83. The second-order valence-electron chi connectivity index (χ2n) is 5.60. The molecule has 0 bridgehead atoms. The number of nitrogens with one attached hydrogen (secondary N) is 1. The molecule has 2 rings (SSSR count). The van der Waals surface area contributed by atoms with Crippen molar-refractivity contribution in [2.45, 2.75) is 18.8 Å². The van der Waals surface area contributed by atoms with Gasteiger partial charge in [-0.25, -0.2) is 8.78 Å². The van der Waals surface area contributed by atoms with E-state index in [9.17, 15) is 18.4 Å². The molecular weight excluding hydrogens is 377 g/mol. The molecule has 0 saturated carbocycles. The second-order valence-corrected chi connectivity index (χ2v) is 5.60. The summed E-state index contributed by atoms with van der Waals surface area (Å²) >= 11 is 0. The van der Waals surface area contributed by atoms with Gasteiger partial charge < -0.3 is 16.0 Å². The Hall–Kier alpha value is -1.51. The van der Waals surface area contributed by atoms with E-state index in [1.54, 1.807) is 17.0 Å². The van der Waals surface area contributed by atoms with Crippen LogP contribution in [0.5, 0.6) is 0 Å². The molecule has 3 N–H and O–H groups in total. The van der Waals surface area contributed by atoms with E-state index in [4.69, 9.17) is 5.73 Å². The van der Waals surface area contributed by atoms with E-state index in [0.29, 0.717) is 24.9 Å². The van der Waals surface area contributed by atoms with Crippen molar-refractivity contribution in [3.05, 3.63) is 30.1 Å². The van der Waals surface area contributed by atoms with Crippen molar-refractivity contribution in [2.24, 2.45) is 11.7 Å². The lowest BCUT2D eigenvalue weighted by Gasteiger charge is -2.32. The van der Waals surface area contributed by atoms with Gasteiger partial charge in [0, 0.05) is 31.0 Å². The number of likely N-dealkylation sites (tertiary alicyclic amines) is 1. The van der Waals surface area contributed by atoms with Crippen LogP contribution in [0, 0.1) is 5.92 Å². The van der Waals surface area contributed by atoms with Crippen molar-refractivity contribution in [1.29, 1.82) is 0 Å². The molecule has 0 spiro atoms. The lowest BCUT2D eigenvalue weighted by Crippen LogP contribution is -2.48. The van der Waals surface area contributed by atoms with Gasteiger partial charge in [0.2, 0.25) is 5.91 Å². The summed E-state index contributed by atoms with van der Waals surface area (Å²) in [5.41, 5.74) is 5.43. The number of aromatic nitrogens is 1. The van der Waals surface area contributed by atoms with E-state index in [1.807, 2.05) is 0 Å². The van der Waals surface area contributed by atoms with E-state index in [2.05, 4.69) is 10.3 Å². The molecule has 1 aromatic heterocycles. The van der Waals surface area contributed by atoms with Crippen molar-refractivity contribution in [3.63, 3.8) is 0 Å². The average Bonchev–Trinajstić information content (AvgIpc) is 2.60. The van der Waals surface area contributed by atoms with Gasteiger partial charge in [-0.2, -0.15) is 0 Å². The van der Waals surface area contributed by atoms with E-state index in [-0.39, 0.29) is 37.3 Å². The number of nitrogens with zero attached hydrogens (tertiary/aromatic N) is 2. The second kappa shape index (κ2) is 10.5. The number of rotatable bonds is 5. The van der Waals surface area contributed by atoms with E-state index >= 15 is 0 Å². The summed E-state index contributed by atoms with van der Waals surface area (Å²) in [5.74, 6) is -4.25. The molecule has 25 heavy (non-hydrogen) atoms. The maximum absolute atomic E-state index is 13.1. The van der Waals surface area contributed by atoms with E-state index in [0.717, 1.165) is 0 Å². The van der Waals surface area contributed by atoms with Crippen molar-refractivity contribution < 1.29 is 18.4 Å². The fraction of sp³-hybridized carbons (Fsp3) is 0.533. The minimum absolute atomic E-state index is 0. The highest BCUT2D eigenvalue weighted by Gasteiger charge is 2.32. The summed E-state index contributed by atoms with van der Waals surface area (Å²) in [7, 11) is 0. The van der Waals surface area contributed by atoms with E-state index in [1.165, 1.54) is 12.4 Å². The Bertz CT molecular complexity index is 564. The van der Waals surface area contributed by atoms with Gasteiger partial charge >= 0.3 is 0 Å². The van der Waals surface area contributed by atoms with Crippen molar-refractivity contribution >= 4 is 36.6 Å². The highest BCUT2D eigenvalue weighted by Crippen LogP contribution is 2.19. The van der Waals surface area contributed by atoms with Crippen LogP contribution in [0.4, 0.5) is 8.78 Å². The number of halogens is 4. The first-order valence-corrected chi connectivity index (χ1v) is 7.48. The van der Waals surface area contributed by atoms with Crippen LogP contribution in [0.2, 0.25) is 0 Å². The third kappa shape index (κ3) is 6.72. The number of hydrogen-bond donors (Lipinski definition) is 2. The first-order valence-electron chi connectivity index (χ1n) is 7.48. The molecule has 2 heterocycles. The molecule has 1 aromatic rings. The highest BCUT2D eigenvalue weighted by atomic mass is 35.5. The number of alkyl halides is 2. The zero-order valence-corrected chi connectivity index (χ0v) is 15.1. The van der Waals surface area contributed by atoms with Gasteiger partial charge in [-0.05, 0) is 25.0 Å². The van der Waals surface area contributed by atoms with E-state index < -0.39 is 30.8 Å². The maximum Gasteiger partial charge on any atom is 0.277 e. The average molecular weight is 399 g/mol. The van der Waals surface area contributed by atoms with Gasteiger partial charge in [0.15, 0.2) is 0 Å². The van der Waals surface area contributed by atoms with Gasteiger partial charge in [0.25, 0.3) is 11.8 Å². The number of nitrogens with two attached hydrogens (primary N) is 1. The standard InChI is InChI=1S/C15H20F2N4O2.2ClH/c16-15(17,9-18)10-20-13(22)12-2-1-7-21(8-12)14(23)11-3-5-19-6-4-11;;/h3-6,12H,1-2,7-10,18H2,(H,20,22);2*1H. The van der Waals surface area contributed by atoms with Crippen LogP contribution in [0.25, 0.3) is 0 Å². The molecule has 142 valence electrons. The van der Waals surface area contributed by atoms with Crippen LogP contribution in [0.15, 0.2) is 24.5 Å². The van der Waals surface area contributed by atoms with Crippen LogP contribution in [0.3, 0.4) is 0 Å². The normalized spacial score (nSPS) is 17.1. The number of pyridine rings is 1. The van der Waals surface area contributed by atoms with Crippen molar-refractivity contribution in [1.82, 2.24) is 15.2 Å².